The van der Waals surface area contributed by atoms with Crippen LogP contribution in [0.2, 0.25) is 0 Å². The second-order valence-electron chi connectivity index (χ2n) is 6.42. The van der Waals surface area contributed by atoms with Gasteiger partial charge >= 0.3 is 0 Å². The number of aromatic nitrogens is 1. The van der Waals surface area contributed by atoms with E-state index in [2.05, 4.69) is 0 Å². The van der Waals surface area contributed by atoms with Gasteiger partial charge in [0.2, 0.25) is 0 Å². The number of halogens is 1. The number of hydrogen-bond acceptors (Lipinski definition) is 1. The number of nitrogens with zero attached hydrogens (tertiary/aromatic N) is 2. The number of fused-ring (bicyclic) bond motifs is 2. The van der Waals surface area contributed by atoms with Crippen molar-refractivity contribution < 1.29 is 9.18 Å². The molecule has 4 heteroatoms. The Hall–Kier alpha value is -2.62. The predicted molar refractivity (Wildman–Crippen MR) is 92.5 cm³/mol. The summed E-state index contributed by atoms with van der Waals surface area (Å²) in [6, 6.07) is 14.7. The number of aryl methyl sites for hydroxylation is 1. The second kappa shape index (κ2) is 5.48. The molecule has 2 heterocycles. The third-order valence-corrected chi connectivity index (χ3v) is 5.08. The second-order valence-corrected chi connectivity index (χ2v) is 6.42. The first-order chi connectivity index (χ1) is 11.6. The molecule has 24 heavy (non-hydrogen) atoms. The molecule has 0 aliphatic carbocycles. The Balaban J connectivity index is 1.73. The van der Waals surface area contributed by atoms with E-state index in [9.17, 15) is 9.18 Å². The zero-order valence-electron chi connectivity index (χ0n) is 13.8. The maximum Gasteiger partial charge on any atom is 0.271 e. The molecule has 1 amide bonds. The molecule has 0 spiro atoms. The van der Waals surface area contributed by atoms with Crippen molar-refractivity contribution in [3.63, 3.8) is 0 Å². The SMILES string of the molecule is CC1c2cc(F)ccc2CCN1C(=O)c1cc2ccccc2n1C. The van der Waals surface area contributed by atoms with E-state index in [-0.39, 0.29) is 17.8 Å². The summed E-state index contributed by atoms with van der Waals surface area (Å²) in [5, 5.41) is 1.06. The summed E-state index contributed by atoms with van der Waals surface area (Å²) in [6.45, 7) is 2.62. The number of carbonyl (C=O) groups is 1. The van der Waals surface area contributed by atoms with Crippen molar-refractivity contribution in [2.45, 2.75) is 19.4 Å². The Morgan fingerprint density at radius 2 is 1.96 bits per heavy atom. The fourth-order valence-corrected chi connectivity index (χ4v) is 3.70. The molecule has 4 rings (SSSR count). The van der Waals surface area contributed by atoms with Gasteiger partial charge in [0.05, 0.1) is 6.04 Å². The minimum absolute atomic E-state index is 0.00360. The lowest BCUT2D eigenvalue weighted by molar-refractivity contribution is 0.0668. The van der Waals surface area contributed by atoms with Crippen molar-refractivity contribution in [2.75, 3.05) is 6.54 Å². The van der Waals surface area contributed by atoms with E-state index in [1.54, 1.807) is 6.07 Å². The molecule has 3 aromatic rings. The van der Waals surface area contributed by atoms with Crippen molar-refractivity contribution in [3.8, 4) is 0 Å². The average molecular weight is 322 g/mol. The van der Waals surface area contributed by atoms with E-state index in [1.807, 2.05) is 59.8 Å². The van der Waals surface area contributed by atoms with Crippen LogP contribution in [0, 0.1) is 5.82 Å². The molecule has 3 nitrogen and oxygen atoms in total. The highest BCUT2D eigenvalue weighted by molar-refractivity contribution is 5.99. The van der Waals surface area contributed by atoms with E-state index in [1.165, 1.54) is 6.07 Å². The largest absolute Gasteiger partial charge is 0.340 e. The van der Waals surface area contributed by atoms with E-state index in [0.29, 0.717) is 12.2 Å². The number of para-hydroxylation sites is 1. The Morgan fingerprint density at radius 3 is 2.75 bits per heavy atom. The van der Waals surface area contributed by atoms with Gasteiger partial charge in [-0.05, 0) is 48.7 Å². The van der Waals surface area contributed by atoms with Crippen LogP contribution >= 0.6 is 0 Å². The lowest BCUT2D eigenvalue weighted by Gasteiger charge is -2.35. The zero-order chi connectivity index (χ0) is 16.8. The number of rotatable bonds is 1. The van der Waals surface area contributed by atoms with Gasteiger partial charge in [-0.2, -0.15) is 0 Å². The number of carbonyl (C=O) groups excluding carboxylic acids is 1. The minimum atomic E-state index is -0.250. The lowest BCUT2D eigenvalue weighted by Crippen LogP contribution is -2.39. The molecular formula is C20H19FN2O. The molecule has 1 aliphatic rings. The first kappa shape index (κ1) is 14.9. The van der Waals surface area contributed by atoms with Crippen molar-refractivity contribution in [1.82, 2.24) is 9.47 Å². The monoisotopic (exact) mass is 322 g/mol. The number of benzene rings is 2. The van der Waals surface area contributed by atoms with Gasteiger partial charge in [0.15, 0.2) is 0 Å². The molecule has 0 fully saturated rings. The fraction of sp³-hybridized carbons (Fsp3) is 0.250. The van der Waals surface area contributed by atoms with Crippen LogP contribution in [0.15, 0.2) is 48.5 Å². The van der Waals surface area contributed by atoms with Crippen LogP contribution in [0.5, 0.6) is 0 Å². The number of hydrogen-bond donors (Lipinski definition) is 0. The van der Waals surface area contributed by atoms with Crippen LogP contribution in [0.1, 0.15) is 34.6 Å². The van der Waals surface area contributed by atoms with Crippen molar-refractivity contribution in [1.29, 1.82) is 0 Å². The van der Waals surface area contributed by atoms with Gasteiger partial charge in [-0.1, -0.05) is 24.3 Å². The molecule has 0 radical (unpaired) electrons. The third-order valence-electron chi connectivity index (χ3n) is 5.08. The topological polar surface area (TPSA) is 25.2 Å². The molecule has 2 aromatic carbocycles. The van der Waals surface area contributed by atoms with Crippen molar-refractivity contribution >= 4 is 16.8 Å². The number of amides is 1. The van der Waals surface area contributed by atoms with Crippen LogP contribution in [0.4, 0.5) is 4.39 Å². The van der Waals surface area contributed by atoms with Crippen molar-refractivity contribution in [3.05, 3.63) is 71.2 Å². The van der Waals surface area contributed by atoms with E-state index < -0.39 is 0 Å². The maximum absolute atomic E-state index is 13.6. The van der Waals surface area contributed by atoms with Crippen LogP contribution in [-0.4, -0.2) is 21.9 Å². The smallest absolute Gasteiger partial charge is 0.271 e. The van der Waals surface area contributed by atoms with E-state index in [4.69, 9.17) is 0 Å². The van der Waals surface area contributed by atoms with Gasteiger partial charge < -0.3 is 9.47 Å². The quantitative estimate of drug-likeness (QED) is 0.663. The van der Waals surface area contributed by atoms with Crippen LogP contribution in [0.3, 0.4) is 0 Å². The molecule has 0 bridgehead atoms. The molecule has 0 N–H and O–H groups in total. The third kappa shape index (κ3) is 2.21. The van der Waals surface area contributed by atoms with Gasteiger partial charge in [0.1, 0.15) is 11.5 Å². The summed E-state index contributed by atoms with van der Waals surface area (Å²) >= 11 is 0. The summed E-state index contributed by atoms with van der Waals surface area (Å²) in [4.78, 5) is 14.9. The molecular weight excluding hydrogens is 303 g/mol. The zero-order valence-corrected chi connectivity index (χ0v) is 13.8. The molecule has 0 saturated carbocycles. The van der Waals surface area contributed by atoms with Gasteiger partial charge in [-0.3, -0.25) is 4.79 Å². The highest BCUT2D eigenvalue weighted by atomic mass is 19.1. The molecule has 1 atom stereocenters. The average Bonchev–Trinajstić information content (AvgIpc) is 2.92. The summed E-state index contributed by atoms with van der Waals surface area (Å²) in [5.41, 5.74) is 3.75. The first-order valence-electron chi connectivity index (χ1n) is 8.20. The Labute approximate surface area is 140 Å². The standard InChI is InChI=1S/C20H19FN2O/c1-13-17-12-16(21)8-7-14(17)9-10-23(13)20(24)19-11-15-5-3-4-6-18(15)22(19)2/h3-8,11-13H,9-10H2,1-2H3. The Morgan fingerprint density at radius 1 is 1.17 bits per heavy atom. The molecule has 0 saturated heterocycles. The van der Waals surface area contributed by atoms with Gasteiger partial charge in [-0.25, -0.2) is 4.39 Å². The lowest BCUT2D eigenvalue weighted by atomic mass is 9.93. The highest BCUT2D eigenvalue weighted by Crippen LogP contribution is 2.32. The van der Waals surface area contributed by atoms with Gasteiger partial charge in [0.25, 0.3) is 5.91 Å². The summed E-state index contributed by atoms with van der Waals surface area (Å²) < 4.78 is 15.6. The Bertz CT molecular complexity index is 944. The molecule has 1 aliphatic heterocycles. The van der Waals surface area contributed by atoms with Crippen LogP contribution in [-0.2, 0) is 13.5 Å². The molecule has 122 valence electrons. The normalized spacial score (nSPS) is 17.1. The minimum Gasteiger partial charge on any atom is -0.340 e. The Kier molecular flexibility index (Phi) is 3.41. The van der Waals surface area contributed by atoms with Gasteiger partial charge in [-0.15, -0.1) is 0 Å². The maximum atomic E-state index is 13.6. The van der Waals surface area contributed by atoms with Crippen LogP contribution in [0.25, 0.3) is 10.9 Å². The summed E-state index contributed by atoms with van der Waals surface area (Å²) in [7, 11) is 1.91. The van der Waals surface area contributed by atoms with Crippen molar-refractivity contribution in [2.24, 2.45) is 7.05 Å². The van der Waals surface area contributed by atoms with E-state index >= 15 is 0 Å². The van der Waals surface area contributed by atoms with Crippen LogP contribution < -0.4 is 0 Å². The molecule has 1 aromatic heterocycles. The summed E-state index contributed by atoms with van der Waals surface area (Å²) in [6.07, 6.45) is 0.760. The predicted octanol–water partition coefficient (Wildman–Crippen LogP) is 4.08. The summed E-state index contributed by atoms with van der Waals surface area (Å²) in [5.74, 6) is -0.254. The highest BCUT2D eigenvalue weighted by Gasteiger charge is 2.30. The van der Waals surface area contributed by atoms with E-state index in [0.717, 1.165) is 28.5 Å². The fourth-order valence-electron chi connectivity index (χ4n) is 3.70. The first-order valence-corrected chi connectivity index (χ1v) is 8.20. The van der Waals surface area contributed by atoms with Gasteiger partial charge in [0, 0.05) is 24.5 Å². The molecule has 1 unspecified atom stereocenters.